The number of carbonyl (C=O) groups is 1. The molecule has 0 bridgehead atoms. The van der Waals surface area contributed by atoms with Crippen LogP contribution in [0.2, 0.25) is 0 Å². The lowest BCUT2D eigenvalue weighted by atomic mass is 9.98. The van der Waals surface area contributed by atoms with Crippen LogP contribution in [0.4, 0.5) is 5.69 Å². The van der Waals surface area contributed by atoms with Gasteiger partial charge in [0, 0.05) is 21.1 Å². The highest BCUT2D eigenvalue weighted by atomic mass is 79.9. The van der Waals surface area contributed by atoms with E-state index in [2.05, 4.69) is 48.6 Å². The van der Waals surface area contributed by atoms with E-state index in [0.29, 0.717) is 5.56 Å². The molecule has 2 aromatic carbocycles. The first kappa shape index (κ1) is 14.8. The topological polar surface area (TPSA) is 41.1 Å². The lowest BCUT2D eigenvalue weighted by molar-refractivity contribution is 0.102. The van der Waals surface area contributed by atoms with Gasteiger partial charge in [-0.1, -0.05) is 22.0 Å². The standard InChI is InChI=1S/C16H14Br2N2O/c17-13-3-4-15(14(18)8-13)20-16(21)11-2-1-10-5-6-19-9-12(10)7-11/h1-4,7-8,19H,5-6,9H2,(H,20,21). The molecule has 1 heterocycles. The van der Waals surface area contributed by atoms with Crippen molar-refractivity contribution in [3.05, 3.63) is 62.0 Å². The first-order valence-corrected chi connectivity index (χ1v) is 8.31. The second-order valence-corrected chi connectivity index (χ2v) is 6.76. The predicted molar refractivity (Wildman–Crippen MR) is 91.6 cm³/mol. The van der Waals surface area contributed by atoms with E-state index in [9.17, 15) is 4.79 Å². The van der Waals surface area contributed by atoms with Crippen LogP contribution in [0, 0.1) is 0 Å². The molecular weight excluding hydrogens is 396 g/mol. The number of amides is 1. The predicted octanol–water partition coefficient (Wildman–Crippen LogP) is 4.11. The SMILES string of the molecule is O=C(Nc1ccc(Br)cc1Br)c1ccc2c(c1)CNCC2. The van der Waals surface area contributed by atoms with Gasteiger partial charge in [0.15, 0.2) is 0 Å². The van der Waals surface area contributed by atoms with E-state index in [0.717, 1.165) is 34.1 Å². The molecule has 0 saturated heterocycles. The van der Waals surface area contributed by atoms with Gasteiger partial charge in [-0.3, -0.25) is 4.79 Å². The normalized spacial score (nSPS) is 13.6. The maximum atomic E-state index is 12.4. The van der Waals surface area contributed by atoms with E-state index in [1.165, 1.54) is 11.1 Å². The molecule has 0 aromatic heterocycles. The van der Waals surface area contributed by atoms with Crippen molar-refractivity contribution < 1.29 is 4.79 Å². The molecule has 0 aliphatic carbocycles. The van der Waals surface area contributed by atoms with Gasteiger partial charge in [-0.25, -0.2) is 0 Å². The molecular formula is C16H14Br2N2O. The number of halogens is 2. The molecule has 0 radical (unpaired) electrons. The molecule has 1 aliphatic rings. The van der Waals surface area contributed by atoms with E-state index in [4.69, 9.17) is 0 Å². The summed E-state index contributed by atoms with van der Waals surface area (Å²) in [5.41, 5.74) is 3.99. The zero-order valence-electron chi connectivity index (χ0n) is 11.2. The Labute approximate surface area is 140 Å². The van der Waals surface area contributed by atoms with E-state index in [1.54, 1.807) is 0 Å². The van der Waals surface area contributed by atoms with E-state index < -0.39 is 0 Å². The summed E-state index contributed by atoms with van der Waals surface area (Å²) in [5.74, 6) is -0.0913. The van der Waals surface area contributed by atoms with Crippen LogP contribution >= 0.6 is 31.9 Å². The minimum atomic E-state index is -0.0913. The van der Waals surface area contributed by atoms with Crippen molar-refractivity contribution in [3.63, 3.8) is 0 Å². The molecule has 2 aromatic rings. The average Bonchev–Trinajstić information content (AvgIpc) is 2.49. The maximum Gasteiger partial charge on any atom is 0.255 e. The first-order chi connectivity index (χ1) is 10.1. The van der Waals surface area contributed by atoms with Crippen molar-refractivity contribution in [2.45, 2.75) is 13.0 Å². The Morgan fingerprint density at radius 3 is 2.76 bits per heavy atom. The summed E-state index contributed by atoms with van der Waals surface area (Å²) in [5, 5.41) is 6.26. The van der Waals surface area contributed by atoms with Gasteiger partial charge in [-0.05, 0) is 70.4 Å². The minimum absolute atomic E-state index is 0.0913. The van der Waals surface area contributed by atoms with Gasteiger partial charge in [-0.2, -0.15) is 0 Å². The fourth-order valence-electron chi connectivity index (χ4n) is 2.41. The Hall–Kier alpha value is -1.17. The highest BCUT2D eigenvalue weighted by Gasteiger charge is 2.13. The lowest BCUT2D eigenvalue weighted by Crippen LogP contribution is -2.24. The van der Waals surface area contributed by atoms with Crippen LogP contribution in [0.3, 0.4) is 0 Å². The third-order valence-corrected chi connectivity index (χ3v) is 4.68. The van der Waals surface area contributed by atoms with Gasteiger partial charge >= 0.3 is 0 Å². The van der Waals surface area contributed by atoms with Crippen LogP contribution in [0.15, 0.2) is 45.3 Å². The number of hydrogen-bond donors (Lipinski definition) is 2. The Kier molecular flexibility index (Phi) is 4.42. The zero-order valence-corrected chi connectivity index (χ0v) is 14.4. The minimum Gasteiger partial charge on any atom is -0.321 e. The Morgan fingerprint density at radius 1 is 1.10 bits per heavy atom. The molecule has 3 nitrogen and oxygen atoms in total. The van der Waals surface area contributed by atoms with Crippen LogP contribution in [-0.4, -0.2) is 12.5 Å². The molecule has 0 unspecified atom stereocenters. The number of nitrogens with one attached hydrogen (secondary N) is 2. The van der Waals surface area contributed by atoms with Gasteiger partial charge in [0.05, 0.1) is 5.69 Å². The fraction of sp³-hybridized carbons (Fsp3) is 0.188. The summed E-state index contributed by atoms with van der Waals surface area (Å²) in [6, 6.07) is 11.6. The summed E-state index contributed by atoms with van der Waals surface area (Å²) in [4.78, 5) is 12.4. The summed E-state index contributed by atoms with van der Waals surface area (Å²) in [7, 11) is 0. The van der Waals surface area contributed by atoms with Crippen LogP contribution in [0.1, 0.15) is 21.5 Å². The summed E-state index contributed by atoms with van der Waals surface area (Å²) >= 11 is 6.85. The number of anilines is 1. The Balaban J connectivity index is 1.82. The van der Waals surface area contributed by atoms with Crippen molar-refractivity contribution in [1.29, 1.82) is 0 Å². The maximum absolute atomic E-state index is 12.4. The zero-order chi connectivity index (χ0) is 14.8. The van der Waals surface area contributed by atoms with Crippen LogP contribution in [0.25, 0.3) is 0 Å². The molecule has 108 valence electrons. The average molecular weight is 410 g/mol. The van der Waals surface area contributed by atoms with Crippen molar-refractivity contribution in [3.8, 4) is 0 Å². The third kappa shape index (κ3) is 3.36. The van der Waals surface area contributed by atoms with Gasteiger partial charge in [0.2, 0.25) is 0 Å². The molecule has 1 aliphatic heterocycles. The highest BCUT2D eigenvalue weighted by Crippen LogP contribution is 2.27. The molecule has 0 fully saturated rings. The number of benzene rings is 2. The van der Waals surface area contributed by atoms with Crippen LogP contribution in [-0.2, 0) is 13.0 Å². The number of hydrogen-bond acceptors (Lipinski definition) is 2. The molecule has 2 N–H and O–H groups in total. The lowest BCUT2D eigenvalue weighted by Gasteiger charge is -2.17. The van der Waals surface area contributed by atoms with Gasteiger partial charge in [-0.15, -0.1) is 0 Å². The number of carbonyl (C=O) groups excluding carboxylic acids is 1. The van der Waals surface area contributed by atoms with Gasteiger partial charge in [0.1, 0.15) is 0 Å². The van der Waals surface area contributed by atoms with Crippen molar-refractivity contribution >= 4 is 43.5 Å². The summed E-state index contributed by atoms with van der Waals surface area (Å²) in [6.45, 7) is 1.84. The largest absolute Gasteiger partial charge is 0.321 e. The van der Waals surface area contributed by atoms with E-state index in [-0.39, 0.29) is 5.91 Å². The first-order valence-electron chi connectivity index (χ1n) is 6.72. The van der Waals surface area contributed by atoms with Crippen molar-refractivity contribution in [2.24, 2.45) is 0 Å². The molecule has 0 saturated carbocycles. The molecule has 5 heteroatoms. The van der Waals surface area contributed by atoms with Crippen LogP contribution in [0.5, 0.6) is 0 Å². The summed E-state index contributed by atoms with van der Waals surface area (Å²) < 4.78 is 1.82. The Bertz CT molecular complexity index is 701. The van der Waals surface area contributed by atoms with Crippen LogP contribution < -0.4 is 10.6 Å². The molecule has 0 atom stereocenters. The summed E-state index contributed by atoms with van der Waals surface area (Å²) in [6.07, 6.45) is 1.02. The third-order valence-electron chi connectivity index (χ3n) is 3.53. The molecule has 21 heavy (non-hydrogen) atoms. The smallest absolute Gasteiger partial charge is 0.255 e. The fourth-order valence-corrected chi connectivity index (χ4v) is 3.55. The Morgan fingerprint density at radius 2 is 1.95 bits per heavy atom. The monoisotopic (exact) mass is 408 g/mol. The van der Waals surface area contributed by atoms with E-state index in [1.807, 2.05) is 30.3 Å². The van der Waals surface area contributed by atoms with Gasteiger partial charge in [0.25, 0.3) is 5.91 Å². The molecule has 3 rings (SSSR count). The second kappa shape index (κ2) is 6.30. The number of fused-ring (bicyclic) bond motifs is 1. The van der Waals surface area contributed by atoms with Gasteiger partial charge < -0.3 is 10.6 Å². The second-order valence-electron chi connectivity index (χ2n) is 4.99. The highest BCUT2D eigenvalue weighted by molar-refractivity contribution is 9.11. The quantitative estimate of drug-likeness (QED) is 0.783. The molecule has 0 spiro atoms. The number of rotatable bonds is 2. The van der Waals surface area contributed by atoms with E-state index >= 15 is 0 Å². The van der Waals surface area contributed by atoms with Crippen molar-refractivity contribution in [1.82, 2.24) is 5.32 Å². The van der Waals surface area contributed by atoms with Crippen molar-refractivity contribution in [2.75, 3.05) is 11.9 Å². The molecule has 1 amide bonds.